The van der Waals surface area contributed by atoms with Gasteiger partial charge in [-0.1, -0.05) is 42.5 Å². The molecule has 3 atom stereocenters. The Hall–Kier alpha value is -2.70. The molecule has 6 nitrogen and oxygen atoms in total. The van der Waals surface area contributed by atoms with E-state index in [0.29, 0.717) is 24.9 Å². The van der Waals surface area contributed by atoms with Crippen LogP contribution in [0, 0.1) is 11.8 Å². The Morgan fingerprint density at radius 2 is 1.84 bits per heavy atom. The SMILES string of the molecule is COCCC(=O)N1C[C@@H]2CN(CCn3cnc4ccccc43)C[C@@H]2[C@@H]1c1ccccc1. The Bertz CT molecular complexity index is 1030. The fourth-order valence-corrected chi connectivity index (χ4v) is 5.42. The number of ether oxygens (including phenoxy) is 1. The number of amides is 1. The van der Waals surface area contributed by atoms with Crippen LogP contribution in [0.25, 0.3) is 11.0 Å². The average molecular weight is 419 g/mol. The van der Waals surface area contributed by atoms with Crippen LogP contribution in [-0.4, -0.2) is 65.2 Å². The summed E-state index contributed by atoms with van der Waals surface area (Å²) in [5.74, 6) is 1.21. The summed E-state index contributed by atoms with van der Waals surface area (Å²) in [5, 5.41) is 0. The van der Waals surface area contributed by atoms with Crippen LogP contribution >= 0.6 is 0 Å². The van der Waals surface area contributed by atoms with Crippen molar-refractivity contribution in [2.45, 2.75) is 19.0 Å². The van der Waals surface area contributed by atoms with Gasteiger partial charge in [-0.15, -0.1) is 0 Å². The van der Waals surface area contributed by atoms with E-state index in [9.17, 15) is 4.79 Å². The van der Waals surface area contributed by atoms with Crippen molar-refractivity contribution >= 4 is 16.9 Å². The Morgan fingerprint density at radius 3 is 2.68 bits per heavy atom. The zero-order valence-corrected chi connectivity index (χ0v) is 18.1. The number of hydrogen-bond donors (Lipinski definition) is 0. The first kappa shape index (κ1) is 20.2. The maximum atomic E-state index is 12.9. The van der Waals surface area contributed by atoms with E-state index in [0.717, 1.165) is 38.2 Å². The van der Waals surface area contributed by atoms with Crippen LogP contribution in [-0.2, 0) is 16.1 Å². The molecular weight excluding hydrogens is 388 g/mol. The van der Waals surface area contributed by atoms with Crippen molar-refractivity contribution in [2.75, 3.05) is 39.9 Å². The van der Waals surface area contributed by atoms with E-state index in [1.807, 2.05) is 18.5 Å². The highest BCUT2D eigenvalue weighted by Gasteiger charge is 2.48. The van der Waals surface area contributed by atoms with E-state index >= 15 is 0 Å². The number of imidazole rings is 1. The smallest absolute Gasteiger partial charge is 0.225 e. The number of rotatable bonds is 7. The van der Waals surface area contributed by atoms with Gasteiger partial charge >= 0.3 is 0 Å². The van der Waals surface area contributed by atoms with Crippen molar-refractivity contribution in [3.05, 3.63) is 66.5 Å². The number of fused-ring (bicyclic) bond motifs is 2. The van der Waals surface area contributed by atoms with Crippen LogP contribution in [0.5, 0.6) is 0 Å². The Labute approximate surface area is 183 Å². The minimum atomic E-state index is 0.162. The highest BCUT2D eigenvalue weighted by molar-refractivity contribution is 5.77. The molecule has 0 spiro atoms. The summed E-state index contributed by atoms with van der Waals surface area (Å²) in [4.78, 5) is 22.1. The van der Waals surface area contributed by atoms with Gasteiger partial charge in [0.05, 0.1) is 36.4 Å². The standard InChI is InChI=1S/C25H30N4O2/c1-31-14-11-24(30)29-16-20-15-27(17-21(20)25(29)19-7-3-2-4-8-19)12-13-28-18-26-22-9-5-6-10-23(22)28/h2-10,18,20-21,25H,11-17H2,1H3/t20-,21-,25-/m0/s1. The first-order valence-electron chi connectivity index (χ1n) is 11.2. The third kappa shape index (κ3) is 3.98. The number of benzene rings is 2. The van der Waals surface area contributed by atoms with E-state index in [1.165, 1.54) is 11.1 Å². The van der Waals surface area contributed by atoms with E-state index in [2.05, 4.69) is 61.8 Å². The molecule has 31 heavy (non-hydrogen) atoms. The summed E-state index contributed by atoms with van der Waals surface area (Å²) in [6.07, 6.45) is 2.40. The zero-order valence-electron chi connectivity index (χ0n) is 18.1. The second kappa shape index (κ2) is 8.81. The third-order valence-corrected chi connectivity index (χ3v) is 6.91. The normalized spacial score (nSPS) is 23.5. The number of carbonyl (C=O) groups excluding carboxylic acids is 1. The average Bonchev–Trinajstić information content (AvgIpc) is 3.49. The molecule has 0 N–H and O–H groups in total. The number of aromatic nitrogens is 2. The molecule has 0 radical (unpaired) electrons. The third-order valence-electron chi connectivity index (χ3n) is 6.91. The molecule has 2 aliphatic heterocycles. The molecule has 6 heteroatoms. The molecule has 2 aromatic carbocycles. The van der Waals surface area contributed by atoms with Crippen molar-refractivity contribution < 1.29 is 9.53 Å². The molecular formula is C25H30N4O2. The molecule has 0 saturated carbocycles. The van der Waals surface area contributed by atoms with Crippen molar-refractivity contribution in [1.29, 1.82) is 0 Å². The van der Waals surface area contributed by atoms with Crippen molar-refractivity contribution in [3.63, 3.8) is 0 Å². The van der Waals surface area contributed by atoms with Crippen LogP contribution in [0.1, 0.15) is 18.0 Å². The molecule has 1 aromatic heterocycles. The van der Waals surface area contributed by atoms with E-state index in [4.69, 9.17) is 4.74 Å². The molecule has 3 aromatic rings. The van der Waals surface area contributed by atoms with Gasteiger partial charge in [-0.3, -0.25) is 4.79 Å². The second-order valence-corrected chi connectivity index (χ2v) is 8.75. The number of carbonyl (C=O) groups is 1. The summed E-state index contributed by atoms with van der Waals surface area (Å²) in [7, 11) is 1.65. The summed E-state index contributed by atoms with van der Waals surface area (Å²) in [6.45, 7) is 5.35. The number of hydrogen-bond acceptors (Lipinski definition) is 4. The lowest BCUT2D eigenvalue weighted by Crippen LogP contribution is -2.36. The minimum Gasteiger partial charge on any atom is -0.384 e. The molecule has 2 fully saturated rings. The lowest BCUT2D eigenvalue weighted by molar-refractivity contribution is -0.133. The molecule has 0 unspecified atom stereocenters. The van der Waals surface area contributed by atoms with Crippen LogP contribution in [0.15, 0.2) is 60.9 Å². The first-order chi connectivity index (χ1) is 15.2. The van der Waals surface area contributed by atoms with Crippen molar-refractivity contribution in [3.8, 4) is 0 Å². The van der Waals surface area contributed by atoms with Crippen LogP contribution in [0.3, 0.4) is 0 Å². The van der Waals surface area contributed by atoms with Crippen LogP contribution in [0.4, 0.5) is 0 Å². The molecule has 2 saturated heterocycles. The van der Waals surface area contributed by atoms with Crippen LogP contribution < -0.4 is 0 Å². The van der Waals surface area contributed by atoms with Crippen LogP contribution in [0.2, 0.25) is 0 Å². The largest absolute Gasteiger partial charge is 0.384 e. The Morgan fingerprint density at radius 1 is 1.03 bits per heavy atom. The number of nitrogens with zero attached hydrogens (tertiary/aromatic N) is 4. The quantitative estimate of drug-likeness (QED) is 0.591. The molecule has 5 rings (SSSR count). The van der Waals surface area contributed by atoms with Gasteiger partial charge in [-0.2, -0.15) is 0 Å². The number of para-hydroxylation sites is 2. The summed E-state index contributed by atoms with van der Waals surface area (Å²) in [6, 6.07) is 19.0. The maximum absolute atomic E-state index is 12.9. The van der Waals surface area contributed by atoms with Gasteiger partial charge < -0.3 is 19.1 Å². The van der Waals surface area contributed by atoms with Gasteiger partial charge in [0.25, 0.3) is 0 Å². The highest BCUT2D eigenvalue weighted by Crippen LogP contribution is 2.45. The minimum absolute atomic E-state index is 0.162. The number of methoxy groups -OCH3 is 1. The molecule has 2 aliphatic rings. The van der Waals surface area contributed by atoms with Crippen molar-refractivity contribution in [2.24, 2.45) is 11.8 Å². The summed E-state index contributed by atoms with van der Waals surface area (Å²) in [5.41, 5.74) is 3.50. The van der Waals surface area contributed by atoms with E-state index in [1.54, 1.807) is 7.11 Å². The van der Waals surface area contributed by atoms with E-state index < -0.39 is 0 Å². The Balaban J connectivity index is 1.29. The van der Waals surface area contributed by atoms with Gasteiger partial charge in [0.2, 0.25) is 5.91 Å². The lowest BCUT2D eigenvalue weighted by Gasteiger charge is -2.30. The number of likely N-dealkylation sites (tertiary alicyclic amines) is 2. The first-order valence-corrected chi connectivity index (χ1v) is 11.2. The molecule has 162 valence electrons. The predicted molar refractivity (Wildman–Crippen MR) is 121 cm³/mol. The molecule has 0 aliphatic carbocycles. The van der Waals surface area contributed by atoms with Gasteiger partial charge in [0, 0.05) is 45.8 Å². The second-order valence-electron chi connectivity index (χ2n) is 8.75. The van der Waals surface area contributed by atoms with Crippen molar-refractivity contribution in [1.82, 2.24) is 19.4 Å². The molecule has 1 amide bonds. The van der Waals surface area contributed by atoms with E-state index in [-0.39, 0.29) is 11.9 Å². The highest BCUT2D eigenvalue weighted by atomic mass is 16.5. The summed E-state index contributed by atoms with van der Waals surface area (Å²) >= 11 is 0. The molecule has 0 bridgehead atoms. The fraction of sp³-hybridized carbons (Fsp3) is 0.440. The van der Waals surface area contributed by atoms with Gasteiger partial charge in [0.1, 0.15) is 0 Å². The monoisotopic (exact) mass is 418 g/mol. The zero-order chi connectivity index (χ0) is 21.2. The van der Waals surface area contributed by atoms with Gasteiger partial charge in [0.15, 0.2) is 0 Å². The van der Waals surface area contributed by atoms with Gasteiger partial charge in [-0.05, 0) is 23.6 Å². The van der Waals surface area contributed by atoms with Gasteiger partial charge in [-0.25, -0.2) is 4.98 Å². The maximum Gasteiger partial charge on any atom is 0.225 e. The summed E-state index contributed by atoms with van der Waals surface area (Å²) < 4.78 is 7.41. The molecule has 3 heterocycles. The Kier molecular flexibility index (Phi) is 5.74. The lowest BCUT2D eigenvalue weighted by atomic mass is 9.89. The fourth-order valence-electron chi connectivity index (χ4n) is 5.42. The predicted octanol–water partition coefficient (Wildman–Crippen LogP) is 3.20. The topological polar surface area (TPSA) is 50.6 Å².